The smallest absolute Gasteiger partial charge is 0.358 e. The van der Waals surface area contributed by atoms with Crippen molar-refractivity contribution in [3.63, 3.8) is 0 Å². The van der Waals surface area contributed by atoms with Crippen LogP contribution in [0, 0.1) is 0 Å². The van der Waals surface area contributed by atoms with Gasteiger partial charge >= 0.3 is 5.97 Å². The number of carbonyl (C=O) groups is 2. The molecule has 0 amide bonds. The van der Waals surface area contributed by atoms with Gasteiger partial charge in [0, 0.05) is 20.0 Å². The number of methoxy groups -OCH3 is 1. The summed E-state index contributed by atoms with van der Waals surface area (Å²) in [5.74, 6) is -0.739. The molecule has 18 heavy (non-hydrogen) atoms. The predicted molar refractivity (Wildman–Crippen MR) is 71.6 cm³/mol. The van der Waals surface area contributed by atoms with Crippen LogP contribution in [0.3, 0.4) is 0 Å². The van der Waals surface area contributed by atoms with Crippen LogP contribution in [0.1, 0.15) is 47.4 Å². The topological polar surface area (TPSA) is 59.5 Å². The van der Waals surface area contributed by atoms with Crippen LogP contribution >= 0.6 is 11.3 Å². The molecule has 1 aromatic rings. The van der Waals surface area contributed by atoms with Crippen LogP contribution in [0.25, 0.3) is 0 Å². The fourth-order valence-electron chi connectivity index (χ4n) is 1.40. The van der Waals surface area contributed by atoms with E-state index in [2.05, 4.69) is 23.6 Å². The van der Waals surface area contributed by atoms with Crippen molar-refractivity contribution in [2.45, 2.75) is 33.2 Å². The summed E-state index contributed by atoms with van der Waals surface area (Å²) >= 11 is 1.23. The van der Waals surface area contributed by atoms with E-state index in [9.17, 15) is 9.59 Å². The Kier molecular flexibility index (Phi) is 4.84. The van der Waals surface area contributed by atoms with E-state index in [-0.39, 0.29) is 11.5 Å². The number of hydrogen-bond donors (Lipinski definition) is 0. The highest BCUT2D eigenvalue weighted by molar-refractivity contribution is 7.17. The monoisotopic (exact) mass is 270 g/mol. The zero-order valence-corrected chi connectivity index (χ0v) is 12.1. The number of nitrogens with zero attached hydrogens (tertiary/aromatic N) is 2. The van der Waals surface area contributed by atoms with Crippen LogP contribution in [-0.4, -0.2) is 36.9 Å². The normalized spacial score (nSPS) is 12.1. The van der Waals surface area contributed by atoms with Crippen LogP contribution < -0.4 is 4.90 Å². The van der Waals surface area contributed by atoms with Crippen LogP contribution in [0.15, 0.2) is 0 Å². The molecule has 0 aromatic carbocycles. The Morgan fingerprint density at radius 2 is 2.11 bits per heavy atom. The summed E-state index contributed by atoms with van der Waals surface area (Å²) in [5.41, 5.74) is 0.111. The Morgan fingerprint density at radius 1 is 1.50 bits per heavy atom. The maximum atomic E-state index is 11.6. The molecule has 6 heteroatoms. The molecule has 0 N–H and O–H groups in total. The summed E-state index contributed by atoms with van der Waals surface area (Å²) in [7, 11) is 3.18. The summed E-state index contributed by atoms with van der Waals surface area (Å²) in [5, 5.41) is 0.662. The van der Waals surface area contributed by atoms with Gasteiger partial charge in [0.15, 0.2) is 16.6 Å². The molecule has 0 aliphatic rings. The van der Waals surface area contributed by atoms with Gasteiger partial charge < -0.3 is 9.64 Å². The van der Waals surface area contributed by atoms with E-state index in [4.69, 9.17) is 0 Å². The fourth-order valence-corrected chi connectivity index (χ4v) is 2.41. The van der Waals surface area contributed by atoms with Crippen molar-refractivity contribution in [3.8, 4) is 0 Å². The highest BCUT2D eigenvalue weighted by atomic mass is 32.1. The molecule has 0 aliphatic heterocycles. The molecule has 0 aliphatic carbocycles. The lowest BCUT2D eigenvalue weighted by Gasteiger charge is -2.22. The zero-order valence-electron chi connectivity index (χ0n) is 11.3. The average Bonchev–Trinajstić information content (AvgIpc) is 2.80. The minimum atomic E-state index is -0.569. The number of thiazole rings is 1. The lowest BCUT2D eigenvalue weighted by Crippen LogP contribution is -2.27. The maximum Gasteiger partial charge on any atom is 0.358 e. The van der Waals surface area contributed by atoms with Gasteiger partial charge in [0.05, 0.1) is 7.11 Å². The third kappa shape index (κ3) is 2.87. The molecule has 0 radical (unpaired) electrons. The SMILES string of the molecule is CCC(C)N(C)c1nc(C(=O)OC)c(C(C)=O)s1. The van der Waals surface area contributed by atoms with E-state index in [1.165, 1.54) is 25.4 Å². The Balaban J connectivity index is 3.17. The highest BCUT2D eigenvalue weighted by Crippen LogP contribution is 2.28. The summed E-state index contributed by atoms with van der Waals surface area (Å²) < 4.78 is 4.64. The molecule has 1 heterocycles. The van der Waals surface area contributed by atoms with Gasteiger partial charge in [-0.2, -0.15) is 0 Å². The van der Waals surface area contributed by atoms with Gasteiger partial charge in [-0.15, -0.1) is 0 Å². The zero-order chi connectivity index (χ0) is 13.9. The van der Waals surface area contributed by atoms with Gasteiger partial charge in [-0.1, -0.05) is 18.3 Å². The van der Waals surface area contributed by atoms with Gasteiger partial charge in [0.2, 0.25) is 0 Å². The van der Waals surface area contributed by atoms with E-state index in [0.717, 1.165) is 6.42 Å². The molecule has 5 nitrogen and oxygen atoms in total. The van der Waals surface area contributed by atoms with E-state index in [1.807, 2.05) is 11.9 Å². The van der Waals surface area contributed by atoms with E-state index in [0.29, 0.717) is 16.1 Å². The Bertz CT molecular complexity index is 456. The molecular weight excluding hydrogens is 252 g/mol. The summed E-state index contributed by atoms with van der Waals surface area (Å²) in [6, 6.07) is 0.293. The molecular formula is C12H18N2O3S. The summed E-state index contributed by atoms with van der Waals surface area (Å²) in [4.78, 5) is 29.6. The third-order valence-corrected chi connectivity index (χ3v) is 4.11. The van der Waals surface area contributed by atoms with E-state index >= 15 is 0 Å². The molecule has 1 rings (SSSR count). The van der Waals surface area contributed by atoms with Gasteiger partial charge in [0.1, 0.15) is 4.88 Å². The quantitative estimate of drug-likeness (QED) is 0.607. The minimum Gasteiger partial charge on any atom is -0.464 e. The molecule has 0 bridgehead atoms. The van der Waals surface area contributed by atoms with Gasteiger partial charge in [-0.25, -0.2) is 9.78 Å². The second-order valence-electron chi connectivity index (χ2n) is 4.09. The Morgan fingerprint density at radius 3 is 2.56 bits per heavy atom. The number of esters is 1. The van der Waals surface area contributed by atoms with Crippen molar-refractivity contribution in [3.05, 3.63) is 10.6 Å². The van der Waals surface area contributed by atoms with Crippen molar-refractivity contribution in [1.82, 2.24) is 4.98 Å². The van der Waals surface area contributed by atoms with Crippen LogP contribution in [0.4, 0.5) is 5.13 Å². The number of ketones is 1. The first-order valence-corrected chi connectivity index (χ1v) is 6.56. The molecule has 100 valence electrons. The van der Waals surface area contributed by atoms with E-state index in [1.54, 1.807) is 0 Å². The number of rotatable bonds is 5. The number of hydrogen-bond acceptors (Lipinski definition) is 6. The first-order valence-electron chi connectivity index (χ1n) is 5.75. The van der Waals surface area contributed by atoms with Crippen molar-refractivity contribution in [2.24, 2.45) is 0 Å². The second kappa shape index (κ2) is 5.95. The predicted octanol–water partition coefficient (Wildman–Crippen LogP) is 2.37. The van der Waals surface area contributed by atoms with Gasteiger partial charge in [-0.3, -0.25) is 4.79 Å². The Labute approximate surface area is 111 Å². The Hall–Kier alpha value is -1.43. The lowest BCUT2D eigenvalue weighted by atomic mass is 10.2. The molecule has 0 saturated carbocycles. The molecule has 1 aromatic heterocycles. The molecule has 0 fully saturated rings. The van der Waals surface area contributed by atoms with Crippen LogP contribution in [0.5, 0.6) is 0 Å². The summed E-state index contributed by atoms with van der Waals surface area (Å²) in [6.07, 6.45) is 0.957. The van der Waals surface area contributed by atoms with Crippen molar-refractivity contribution in [1.29, 1.82) is 0 Å². The van der Waals surface area contributed by atoms with Crippen LogP contribution in [0.2, 0.25) is 0 Å². The maximum absolute atomic E-state index is 11.6. The first kappa shape index (κ1) is 14.6. The van der Waals surface area contributed by atoms with Gasteiger partial charge in [0.25, 0.3) is 0 Å². The van der Waals surface area contributed by atoms with Crippen LogP contribution in [-0.2, 0) is 4.74 Å². The highest BCUT2D eigenvalue weighted by Gasteiger charge is 2.24. The number of carbonyl (C=O) groups excluding carboxylic acids is 2. The van der Waals surface area contributed by atoms with Crippen molar-refractivity contribution >= 4 is 28.2 Å². The first-order chi connectivity index (χ1) is 8.42. The second-order valence-corrected chi connectivity index (χ2v) is 5.07. The van der Waals surface area contributed by atoms with Crippen molar-refractivity contribution in [2.75, 3.05) is 19.1 Å². The number of ether oxygens (including phenoxy) is 1. The summed E-state index contributed by atoms with van der Waals surface area (Å²) in [6.45, 7) is 5.56. The number of Topliss-reactive ketones (excluding diaryl/α,β-unsaturated/α-hetero) is 1. The molecule has 0 saturated heterocycles. The molecule has 0 spiro atoms. The molecule has 1 atom stereocenters. The number of anilines is 1. The van der Waals surface area contributed by atoms with Gasteiger partial charge in [-0.05, 0) is 13.3 Å². The molecule has 1 unspecified atom stereocenters. The minimum absolute atomic E-state index is 0.111. The standard InChI is InChI=1S/C12H18N2O3S/c1-6-7(2)14(4)12-13-9(11(16)17-5)10(18-12)8(3)15/h7H,6H2,1-5H3. The third-order valence-electron chi connectivity index (χ3n) is 2.87. The lowest BCUT2D eigenvalue weighted by molar-refractivity contribution is 0.0591. The number of aromatic nitrogens is 1. The van der Waals surface area contributed by atoms with Crippen molar-refractivity contribution < 1.29 is 14.3 Å². The fraction of sp³-hybridized carbons (Fsp3) is 0.583. The largest absolute Gasteiger partial charge is 0.464 e. The average molecular weight is 270 g/mol. The van der Waals surface area contributed by atoms with E-state index < -0.39 is 5.97 Å².